The molecule has 1 amide bonds. The molecule has 0 radical (unpaired) electrons. The van der Waals surface area contributed by atoms with Gasteiger partial charge in [0.15, 0.2) is 0 Å². The van der Waals surface area contributed by atoms with Crippen LogP contribution in [0.4, 0.5) is 0 Å². The van der Waals surface area contributed by atoms with Crippen molar-refractivity contribution in [2.24, 2.45) is 11.7 Å². The molecule has 3 nitrogen and oxygen atoms in total. The maximum atomic E-state index is 11.5. The molecule has 0 aliphatic heterocycles. The van der Waals surface area contributed by atoms with Crippen LogP contribution in [0.25, 0.3) is 0 Å². The Kier molecular flexibility index (Phi) is 4.40. The van der Waals surface area contributed by atoms with Crippen LogP contribution in [-0.4, -0.2) is 29.9 Å². The molecule has 0 aromatic rings. The summed E-state index contributed by atoms with van der Waals surface area (Å²) in [5.74, 6) is 0.635. The number of carbonyl (C=O) groups is 1. The minimum atomic E-state index is -0.400. The van der Waals surface area contributed by atoms with E-state index < -0.39 is 5.54 Å². The average Bonchev–Trinajstić information content (AvgIpc) is 1.81. The Hall–Kier alpha value is -0.570. The molecule has 0 aromatic carbocycles. The van der Waals surface area contributed by atoms with Crippen molar-refractivity contribution in [3.05, 3.63) is 0 Å². The standard InChI is InChI=1S/C10H22N2O/c1-8(2)7-12(5)9(13)6-10(3,4)11/h8H,6-7,11H2,1-5H3. The van der Waals surface area contributed by atoms with Crippen LogP contribution < -0.4 is 5.73 Å². The van der Waals surface area contributed by atoms with Gasteiger partial charge in [-0.05, 0) is 19.8 Å². The van der Waals surface area contributed by atoms with E-state index in [1.165, 1.54) is 0 Å². The summed E-state index contributed by atoms with van der Waals surface area (Å²) < 4.78 is 0. The van der Waals surface area contributed by atoms with E-state index in [4.69, 9.17) is 5.73 Å². The van der Waals surface area contributed by atoms with Crippen molar-refractivity contribution in [1.29, 1.82) is 0 Å². The maximum absolute atomic E-state index is 11.5. The topological polar surface area (TPSA) is 46.3 Å². The first-order valence-electron chi connectivity index (χ1n) is 4.75. The Balaban J connectivity index is 3.97. The summed E-state index contributed by atoms with van der Waals surface area (Å²) in [7, 11) is 1.83. The second-order valence-corrected chi connectivity index (χ2v) is 4.83. The lowest BCUT2D eigenvalue weighted by atomic mass is 10.0. The van der Waals surface area contributed by atoms with E-state index in [1.54, 1.807) is 4.90 Å². The van der Waals surface area contributed by atoms with Crippen molar-refractivity contribution in [3.8, 4) is 0 Å². The molecule has 0 atom stereocenters. The fraction of sp³-hybridized carbons (Fsp3) is 0.900. The molecule has 0 aliphatic carbocycles. The minimum Gasteiger partial charge on any atom is -0.345 e. The van der Waals surface area contributed by atoms with Gasteiger partial charge in [-0.25, -0.2) is 0 Å². The van der Waals surface area contributed by atoms with Crippen molar-refractivity contribution in [1.82, 2.24) is 4.90 Å². The van der Waals surface area contributed by atoms with Gasteiger partial charge >= 0.3 is 0 Å². The first kappa shape index (κ1) is 12.4. The molecule has 0 saturated heterocycles. The highest BCUT2D eigenvalue weighted by molar-refractivity contribution is 5.77. The van der Waals surface area contributed by atoms with Crippen LogP contribution in [0.2, 0.25) is 0 Å². The lowest BCUT2D eigenvalue weighted by molar-refractivity contribution is -0.131. The maximum Gasteiger partial charge on any atom is 0.224 e. The van der Waals surface area contributed by atoms with Crippen LogP contribution >= 0.6 is 0 Å². The highest BCUT2D eigenvalue weighted by atomic mass is 16.2. The van der Waals surface area contributed by atoms with Crippen LogP contribution in [0.1, 0.15) is 34.1 Å². The lowest BCUT2D eigenvalue weighted by Crippen LogP contribution is -2.40. The summed E-state index contributed by atoms with van der Waals surface area (Å²) in [6, 6.07) is 0. The third kappa shape index (κ3) is 6.58. The molecular weight excluding hydrogens is 164 g/mol. The van der Waals surface area contributed by atoms with E-state index in [9.17, 15) is 4.79 Å². The molecule has 2 N–H and O–H groups in total. The molecular formula is C10H22N2O. The molecule has 78 valence electrons. The summed E-state index contributed by atoms with van der Waals surface area (Å²) in [5, 5.41) is 0. The molecule has 0 heterocycles. The number of hydrogen-bond acceptors (Lipinski definition) is 2. The van der Waals surface area contributed by atoms with Crippen molar-refractivity contribution < 1.29 is 4.79 Å². The Morgan fingerprint density at radius 1 is 1.46 bits per heavy atom. The monoisotopic (exact) mass is 186 g/mol. The van der Waals surface area contributed by atoms with Gasteiger partial charge in [0.25, 0.3) is 0 Å². The van der Waals surface area contributed by atoms with E-state index in [2.05, 4.69) is 13.8 Å². The molecule has 0 fully saturated rings. The van der Waals surface area contributed by atoms with Gasteiger partial charge in [-0.2, -0.15) is 0 Å². The molecule has 0 aromatic heterocycles. The number of amides is 1. The van der Waals surface area contributed by atoms with Gasteiger partial charge in [-0.1, -0.05) is 13.8 Å². The SMILES string of the molecule is CC(C)CN(C)C(=O)CC(C)(C)N. The molecule has 0 aliphatic rings. The Labute approximate surface area is 81.3 Å². The fourth-order valence-corrected chi connectivity index (χ4v) is 1.17. The van der Waals surface area contributed by atoms with Crippen molar-refractivity contribution >= 4 is 5.91 Å². The minimum absolute atomic E-state index is 0.126. The quantitative estimate of drug-likeness (QED) is 0.717. The highest BCUT2D eigenvalue weighted by Crippen LogP contribution is 2.07. The number of nitrogens with zero attached hydrogens (tertiary/aromatic N) is 1. The van der Waals surface area contributed by atoms with Crippen molar-refractivity contribution in [2.75, 3.05) is 13.6 Å². The molecule has 0 saturated carbocycles. The van der Waals surface area contributed by atoms with E-state index in [-0.39, 0.29) is 5.91 Å². The zero-order valence-electron chi connectivity index (χ0n) is 9.42. The lowest BCUT2D eigenvalue weighted by Gasteiger charge is -2.24. The Morgan fingerprint density at radius 2 is 1.92 bits per heavy atom. The van der Waals surface area contributed by atoms with Gasteiger partial charge < -0.3 is 10.6 Å². The van der Waals surface area contributed by atoms with Gasteiger partial charge in [0.1, 0.15) is 0 Å². The van der Waals surface area contributed by atoms with Crippen LogP contribution in [0, 0.1) is 5.92 Å². The number of nitrogens with two attached hydrogens (primary N) is 1. The van der Waals surface area contributed by atoms with Crippen molar-refractivity contribution in [3.63, 3.8) is 0 Å². The van der Waals surface area contributed by atoms with E-state index in [0.717, 1.165) is 6.54 Å². The highest BCUT2D eigenvalue weighted by Gasteiger charge is 2.19. The summed E-state index contributed by atoms with van der Waals surface area (Å²) in [4.78, 5) is 13.3. The van der Waals surface area contributed by atoms with Crippen LogP contribution in [0.5, 0.6) is 0 Å². The number of hydrogen-bond donors (Lipinski definition) is 1. The predicted octanol–water partition coefficient (Wildman–Crippen LogP) is 1.23. The van der Waals surface area contributed by atoms with Gasteiger partial charge in [-0.15, -0.1) is 0 Å². The molecule has 0 bridgehead atoms. The molecule has 0 unspecified atom stereocenters. The summed E-state index contributed by atoms with van der Waals surface area (Å²) in [6.07, 6.45) is 0.413. The zero-order valence-corrected chi connectivity index (χ0v) is 9.42. The van der Waals surface area contributed by atoms with Crippen molar-refractivity contribution in [2.45, 2.75) is 39.7 Å². The van der Waals surface area contributed by atoms with E-state index in [0.29, 0.717) is 12.3 Å². The second kappa shape index (κ2) is 4.61. The second-order valence-electron chi connectivity index (χ2n) is 4.83. The smallest absolute Gasteiger partial charge is 0.224 e. The molecule has 13 heavy (non-hydrogen) atoms. The summed E-state index contributed by atoms with van der Waals surface area (Å²) in [5.41, 5.74) is 5.36. The molecule has 0 rings (SSSR count). The predicted molar refractivity (Wildman–Crippen MR) is 55.4 cm³/mol. The summed E-state index contributed by atoms with van der Waals surface area (Å²) >= 11 is 0. The van der Waals surface area contributed by atoms with E-state index in [1.807, 2.05) is 20.9 Å². The first-order chi connectivity index (χ1) is 5.72. The third-order valence-electron chi connectivity index (χ3n) is 1.67. The fourth-order valence-electron chi connectivity index (χ4n) is 1.17. The Bertz CT molecular complexity index is 170. The summed E-state index contributed by atoms with van der Waals surface area (Å²) in [6.45, 7) is 8.73. The van der Waals surface area contributed by atoms with E-state index >= 15 is 0 Å². The largest absolute Gasteiger partial charge is 0.345 e. The molecule has 3 heteroatoms. The van der Waals surface area contributed by atoms with Crippen LogP contribution in [-0.2, 0) is 4.79 Å². The molecule has 0 spiro atoms. The zero-order chi connectivity index (χ0) is 10.6. The van der Waals surface area contributed by atoms with Crippen LogP contribution in [0.15, 0.2) is 0 Å². The first-order valence-corrected chi connectivity index (χ1v) is 4.75. The van der Waals surface area contributed by atoms with Gasteiger partial charge in [0.05, 0.1) is 0 Å². The van der Waals surface area contributed by atoms with Gasteiger partial charge in [0.2, 0.25) is 5.91 Å². The number of rotatable bonds is 4. The van der Waals surface area contributed by atoms with Crippen LogP contribution in [0.3, 0.4) is 0 Å². The Morgan fingerprint density at radius 3 is 2.23 bits per heavy atom. The normalized spacial score (nSPS) is 11.9. The van der Waals surface area contributed by atoms with Gasteiger partial charge in [-0.3, -0.25) is 4.79 Å². The third-order valence-corrected chi connectivity index (χ3v) is 1.67. The average molecular weight is 186 g/mol. The van der Waals surface area contributed by atoms with Gasteiger partial charge in [0, 0.05) is 25.6 Å². The number of carbonyl (C=O) groups excluding carboxylic acids is 1.